The van der Waals surface area contributed by atoms with Gasteiger partial charge in [0.2, 0.25) is 5.91 Å². The fraction of sp³-hybridized carbons (Fsp3) is 0.364. The minimum absolute atomic E-state index is 0.111. The number of aromatic nitrogens is 4. The second kappa shape index (κ2) is 7.68. The number of hydrogen-bond donors (Lipinski definition) is 1. The number of amides is 1. The van der Waals surface area contributed by atoms with Crippen LogP contribution in [0.1, 0.15) is 40.8 Å². The molecule has 1 aliphatic carbocycles. The van der Waals surface area contributed by atoms with Crippen molar-refractivity contribution < 1.29 is 4.79 Å². The summed E-state index contributed by atoms with van der Waals surface area (Å²) in [6.45, 7) is 2.33. The van der Waals surface area contributed by atoms with Crippen LogP contribution in [0.5, 0.6) is 0 Å². The average Bonchev–Trinajstić information content (AvgIpc) is 3.15. The predicted molar refractivity (Wildman–Crippen MR) is 117 cm³/mol. The Balaban J connectivity index is 1.43. The maximum atomic E-state index is 12.8. The van der Waals surface area contributed by atoms with Gasteiger partial charge in [-0.25, -0.2) is 18.9 Å². The van der Waals surface area contributed by atoms with Gasteiger partial charge in [0, 0.05) is 11.4 Å². The Kier molecular flexibility index (Phi) is 4.86. The van der Waals surface area contributed by atoms with Crippen molar-refractivity contribution in [2.24, 2.45) is 0 Å². The summed E-state index contributed by atoms with van der Waals surface area (Å²) in [6.07, 6.45) is 7.15. The van der Waals surface area contributed by atoms with Crippen molar-refractivity contribution in [1.82, 2.24) is 24.5 Å². The monoisotopic (exact) mass is 421 g/mol. The Morgan fingerprint density at radius 3 is 2.80 bits per heavy atom. The van der Waals surface area contributed by atoms with Crippen LogP contribution in [0, 0.1) is 6.92 Å². The number of hydrogen-bond acceptors (Lipinski definition) is 5. The van der Waals surface area contributed by atoms with E-state index >= 15 is 0 Å². The van der Waals surface area contributed by atoms with E-state index < -0.39 is 0 Å². The molecular formula is C22H23N5O2S. The molecular weight excluding hydrogens is 398 g/mol. The van der Waals surface area contributed by atoms with E-state index in [9.17, 15) is 9.59 Å². The van der Waals surface area contributed by atoms with Crippen molar-refractivity contribution in [3.63, 3.8) is 0 Å². The maximum Gasteiger partial charge on any atom is 0.352 e. The summed E-state index contributed by atoms with van der Waals surface area (Å²) in [6, 6.07) is 7.99. The lowest BCUT2D eigenvalue weighted by molar-refractivity contribution is -0.122. The molecule has 3 heterocycles. The lowest BCUT2D eigenvalue weighted by Crippen LogP contribution is -2.32. The van der Waals surface area contributed by atoms with Crippen LogP contribution in [-0.2, 0) is 30.7 Å². The van der Waals surface area contributed by atoms with Crippen LogP contribution in [0.3, 0.4) is 0 Å². The van der Waals surface area contributed by atoms with Gasteiger partial charge in [-0.2, -0.15) is 0 Å². The van der Waals surface area contributed by atoms with Crippen molar-refractivity contribution in [2.45, 2.75) is 52.1 Å². The van der Waals surface area contributed by atoms with Crippen molar-refractivity contribution >= 4 is 33.1 Å². The third-order valence-electron chi connectivity index (χ3n) is 5.69. The molecule has 0 unspecified atom stereocenters. The molecule has 7 nitrogen and oxygen atoms in total. The van der Waals surface area contributed by atoms with Crippen LogP contribution in [0.15, 0.2) is 35.4 Å². The molecule has 1 amide bonds. The van der Waals surface area contributed by atoms with Crippen molar-refractivity contribution in [3.8, 4) is 0 Å². The lowest BCUT2D eigenvalue weighted by Gasteiger charge is -2.05. The molecule has 0 fully saturated rings. The second-order valence-corrected chi connectivity index (χ2v) is 8.97. The summed E-state index contributed by atoms with van der Waals surface area (Å²) in [5.41, 5.74) is 3.75. The van der Waals surface area contributed by atoms with Gasteiger partial charge < -0.3 is 5.32 Å². The van der Waals surface area contributed by atoms with Gasteiger partial charge in [0.05, 0.1) is 5.39 Å². The first-order valence-electron chi connectivity index (χ1n) is 10.3. The summed E-state index contributed by atoms with van der Waals surface area (Å²) in [5, 5.41) is 8.38. The van der Waals surface area contributed by atoms with E-state index in [-0.39, 0.29) is 18.1 Å². The number of rotatable bonds is 4. The minimum Gasteiger partial charge on any atom is -0.350 e. The molecule has 0 bridgehead atoms. The van der Waals surface area contributed by atoms with E-state index in [2.05, 4.69) is 15.4 Å². The first kappa shape index (κ1) is 19.0. The highest BCUT2D eigenvalue weighted by atomic mass is 32.1. The van der Waals surface area contributed by atoms with Gasteiger partial charge in [-0.1, -0.05) is 36.2 Å². The Labute approximate surface area is 177 Å². The van der Waals surface area contributed by atoms with Gasteiger partial charge >= 0.3 is 5.69 Å². The lowest BCUT2D eigenvalue weighted by atomic mass is 10.1. The van der Waals surface area contributed by atoms with Crippen LogP contribution in [-0.4, -0.2) is 25.1 Å². The predicted octanol–water partition coefficient (Wildman–Crippen LogP) is 3.00. The SMILES string of the molecule is Cc1ccc(CNC(=O)Cn2nc3c4c5c(sc4ncn3c2=O)CCCCC5)cc1. The summed E-state index contributed by atoms with van der Waals surface area (Å²) in [4.78, 5) is 32.1. The molecule has 1 aromatic carbocycles. The molecule has 0 spiro atoms. The van der Waals surface area contributed by atoms with Crippen LogP contribution < -0.4 is 11.0 Å². The van der Waals surface area contributed by atoms with E-state index in [1.165, 1.54) is 44.3 Å². The van der Waals surface area contributed by atoms with Gasteiger partial charge in [-0.3, -0.25) is 4.79 Å². The van der Waals surface area contributed by atoms with Crippen LogP contribution in [0.25, 0.3) is 15.9 Å². The molecule has 0 radical (unpaired) electrons. The Morgan fingerprint density at radius 1 is 1.17 bits per heavy atom. The smallest absolute Gasteiger partial charge is 0.350 e. The Bertz CT molecular complexity index is 1300. The molecule has 1 N–H and O–H groups in total. The van der Waals surface area contributed by atoms with E-state index in [1.807, 2.05) is 31.2 Å². The van der Waals surface area contributed by atoms with Gasteiger partial charge in [-0.15, -0.1) is 16.4 Å². The molecule has 8 heteroatoms. The number of benzene rings is 1. The van der Waals surface area contributed by atoms with E-state index in [0.717, 1.165) is 35.0 Å². The quantitative estimate of drug-likeness (QED) is 0.514. The Hall–Kier alpha value is -3.00. The molecule has 3 aromatic heterocycles. The summed E-state index contributed by atoms with van der Waals surface area (Å²) >= 11 is 1.71. The molecule has 0 aliphatic heterocycles. The summed E-state index contributed by atoms with van der Waals surface area (Å²) in [7, 11) is 0. The molecule has 1 aliphatic rings. The highest BCUT2D eigenvalue weighted by Crippen LogP contribution is 2.35. The second-order valence-electron chi connectivity index (χ2n) is 7.89. The number of fused-ring (bicyclic) bond motifs is 5. The van der Waals surface area contributed by atoms with Gasteiger partial charge in [0.15, 0.2) is 5.65 Å². The molecule has 0 saturated heterocycles. The van der Waals surface area contributed by atoms with Crippen LogP contribution >= 0.6 is 11.3 Å². The van der Waals surface area contributed by atoms with Crippen molar-refractivity contribution in [1.29, 1.82) is 0 Å². The van der Waals surface area contributed by atoms with E-state index in [4.69, 9.17) is 0 Å². The number of aryl methyl sites for hydroxylation is 3. The Morgan fingerprint density at radius 2 is 1.97 bits per heavy atom. The normalized spacial score (nSPS) is 14.0. The topological polar surface area (TPSA) is 81.3 Å². The van der Waals surface area contributed by atoms with Crippen LogP contribution in [0.2, 0.25) is 0 Å². The zero-order chi connectivity index (χ0) is 20.7. The third-order valence-corrected chi connectivity index (χ3v) is 6.89. The zero-order valence-electron chi connectivity index (χ0n) is 16.9. The first-order chi connectivity index (χ1) is 14.6. The maximum absolute atomic E-state index is 12.8. The molecule has 5 rings (SSSR count). The largest absolute Gasteiger partial charge is 0.352 e. The zero-order valence-corrected chi connectivity index (χ0v) is 17.7. The van der Waals surface area contributed by atoms with E-state index in [0.29, 0.717) is 12.2 Å². The number of nitrogens with one attached hydrogen (secondary N) is 1. The minimum atomic E-state index is -0.335. The van der Waals surface area contributed by atoms with Crippen molar-refractivity contribution in [2.75, 3.05) is 0 Å². The summed E-state index contributed by atoms with van der Waals surface area (Å²) in [5.74, 6) is -0.241. The van der Waals surface area contributed by atoms with Crippen molar-refractivity contribution in [3.05, 3.63) is 62.6 Å². The molecule has 0 atom stereocenters. The van der Waals surface area contributed by atoms with Gasteiger partial charge in [0.1, 0.15) is 17.7 Å². The van der Waals surface area contributed by atoms with Crippen LogP contribution in [0.4, 0.5) is 0 Å². The molecule has 4 aromatic rings. The van der Waals surface area contributed by atoms with Gasteiger partial charge in [-0.05, 0) is 43.7 Å². The highest BCUT2D eigenvalue weighted by molar-refractivity contribution is 7.19. The molecule has 30 heavy (non-hydrogen) atoms. The molecule has 0 saturated carbocycles. The third kappa shape index (κ3) is 3.41. The standard InChI is InChI=1S/C22H23N5O2S/c1-14-7-9-15(10-8-14)11-23-18(28)12-27-22(29)26-13-24-21-19(20(26)25-27)16-5-3-2-4-6-17(16)30-21/h7-10,13H,2-6,11-12H2,1H3,(H,23,28). The number of carbonyl (C=O) groups excluding carboxylic acids is 1. The van der Waals surface area contributed by atoms with E-state index in [1.54, 1.807) is 11.3 Å². The number of carbonyl (C=O) groups is 1. The molecule has 154 valence electrons. The first-order valence-corrected chi connectivity index (χ1v) is 11.1. The average molecular weight is 422 g/mol. The number of nitrogens with zero attached hydrogens (tertiary/aromatic N) is 4. The highest BCUT2D eigenvalue weighted by Gasteiger charge is 2.21. The number of thiophene rings is 1. The van der Waals surface area contributed by atoms with Gasteiger partial charge in [0.25, 0.3) is 0 Å². The fourth-order valence-corrected chi connectivity index (χ4v) is 5.28. The fourth-order valence-electron chi connectivity index (χ4n) is 4.06. The summed E-state index contributed by atoms with van der Waals surface area (Å²) < 4.78 is 2.70.